The highest BCUT2D eigenvalue weighted by atomic mass is 16.2. The zero-order chi connectivity index (χ0) is 8.81. The van der Waals surface area contributed by atoms with Gasteiger partial charge in [0, 0.05) is 19.6 Å². The number of carbonyl (C=O) groups is 1. The topological polar surface area (TPSA) is 32.3 Å². The summed E-state index contributed by atoms with van der Waals surface area (Å²) in [7, 11) is 0. The van der Waals surface area contributed by atoms with Gasteiger partial charge in [0.1, 0.15) is 0 Å². The molecule has 3 heteroatoms. The first-order chi connectivity index (χ1) is 5.84. The Morgan fingerprint density at radius 3 is 3.08 bits per heavy atom. The molecule has 0 unspecified atom stereocenters. The molecule has 1 rings (SSSR count). The summed E-state index contributed by atoms with van der Waals surface area (Å²) in [5.41, 5.74) is 0. The van der Waals surface area contributed by atoms with E-state index in [2.05, 4.69) is 12.2 Å². The molecular weight excluding hydrogens is 152 g/mol. The predicted molar refractivity (Wildman–Crippen MR) is 49.1 cm³/mol. The maximum absolute atomic E-state index is 11.3. The minimum atomic E-state index is 0.126. The summed E-state index contributed by atoms with van der Waals surface area (Å²) in [6, 6.07) is 0.126. The van der Waals surface area contributed by atoms with E-state index in [9.17, 15) is 4.79 Å². The van der Waals surface area contributed by atoms with Crippen molar-refractivity contribution in [3.8, 4) is 0 Å². The first kappa shape index (κ1) is 9.36. The van der Waals surface area contributed by atoms with Crippen LogP contribution in [0.3, 0.4) is 0 Å². The maximum Gasteiger partial charge on any atom is 0.317 e. The average Bonchev–Trinajstić information content (AvgIpc) is 2.27. The van der Waals surface area contributed by atoms with Crippen molar-refractivity contribution in [1.29, 1.82) is 0 Å². The normalized spacial score (nSPS) is 18.8. The molecule has 1 aliphatic heterocycles. The number of carbonyl (C=O) groups excluding carboxylic acids is 1. The molecule has 0 aromatic rings. The highest BCUT2D eigenvalue weighted by Gasteiger charge is 2.14. The molecule has 0 radical (unpaired) electrons. The molecule has 0 atom stereocenters. The van der Waals surface area contributed by atoms with Gasteiger partial charge in [0.25, 0.3) is 0 Å². The van der Waals surface area contributed by atoms with E-state index in [0.717, 1.165) is 45.3 Å². The lowest BCUT2D eigenvalue weighted by atomic mass is 10.3. The number of amides is 2. The molecule has 1 saturated heterocycles. The van der Waals surface area contributed by atoms with Crippen LogP contribution in [0, 0.1) is 0 Å². The molecule has 1 heterocycles. The Morgan fingerprint density at radius 1 is 1.50 bits per heavy atom. The molecule has 0 spiro atoms. The van der Waals surface area contributed by atoms with Gasteiger partial charge in [0.15, 0.2) is 0 Å². The molecule has 0 bridgehead atoms. The number of hydrogen-bond donors (Lipinski definition) is 1. The minimum Gasteiger partial charge on any atom is -0.338 e. The van der Waals surface area contributed by atoms with Crippen molar-refractivity contribution in [3.05, 3.63) is 0 Å². The lowest BCUT2D eigenvalue weighted by Crippen LogP contribution is -2.38. The van der Waals surface area contributed by atoms with Crippen molar-refractivity contribution in [1.82, 2.24) is 10.2 Å². The highest BCUT2D eigenvalue weighted by Crippen LogP contribution is 2.02. The smallest absolute Gasteiger partial charge is 0.317 e. The van der Waals surface area contributed by atoms with E-state index in [0.29, 0.717) is 0 Å². The molecule has 1 fully saturated rings. The lowest BCUT2D eigenvalue weighted by Gasteiger charge is -2.19. The summed E-state index contributed by atoms with van der Waals surface area (Å²) in [6.45, 7) is 4.85. The third-order valence-electron chi connectivity index (χ3n) is 2.20. The van der Waals surface area contributed by atoms with Crippen LogP contribution >= 0.6 is 0 Å². The minimum absolute atomic E-state index is 0.126. The third-order valence-corrected chi connectivity index (χ3v) is 2.20. The van der Waals surface area contributed by atoms with Crippen molar-refractivity contribution in [2.24, 2.45) is 0 Å². The van der Waals surface area contributed by atoms with E-state index < -0.39 is 0 Å². The van der Waals surface area contributed by atoms with Crippen LogP contribution in [0.4, 0.5) is 4.79 Å². The Bertz CT molecular complexity index is 147. The summed E-state index contributed by atoms with van der Waals surface area (Å²) < 4.78 is 0. The monoisotopic (exact) mass is 170 g/mol. The zero-order valence-electron chi connectivity index (χ0n) is 7.81. The van der Waals surface area contributed by atoms with Crippen LogP contribution < -0.4 is 5.32 Å². The number of nitrogens with zero attached hydrogens (tertiary/aromatic N) is 1. The molecule has 0 aliphatic carbocycles. The second kappa shape index (κ2) is 5.01. The first-order valence-electron chi connectivity index (χ1n) is 4.87. The van der Waals surface area contributed by atoms with E-state index in [1.54, 1.807) is 0 Å². The fourth-order valence-corrected chi connectivity index (χ4v) is 1.40. The summed E-state index contributed by atoms with van der Waals surface area (Å²) in [6.07, 6.45) is 4.54. The molecule has 3 nitrogen and oxygen atoms in total. The van der Waals surface area contributed by atoms with Crippen LogP contribution in [0.5, 0.6) is 0 Å². The summed E-state index contributed by atoms with van der Waals surface area (Å²) >= 11 is 0. The molecule has 1 aliphatic rings. The van der Waals surface area contributed by atoms with Crippen LogP contribution in [0.2, 0.25) is 0 Å². The molecule has 0 aromatic carbocycles. The van der Waals surface area contributed by atoms with Gasteiger partial charge in [-0.1, -0.05) is 13.3 Å². The van der Waals surface area contributed by atoms with Crippen LogP contribution in [-0.2, 0) is 0 Å². The largest absolute Gasteiger partial charge is 0.338 e. The maximum atomic E-state index is 11.3. The predicted octanol–water partition coefficient (Wildman–Crippen LogP) is 1.59. The van der Waals surface area contributed by atoms with Gasteiger partial charge >= 0.3 is 6.03 Å². The van der Waals surface area contributed by atoms with Crippen molar-refractivity contribution >= 4 is 6.03 Å². The molecule has 0 aromatic heterocycles. The van der Waals surface area contributed by atoms with Crippen LogP contribution in [-0.4, -0.2) is 30.6 Å². The van der Waals surface area contributed by atoms with Crippen molar-refractivity contribution < 1.29 is 4.79 Å². The first-order valence-corrected chi connectivity index (χ1v) is 4.87. The molecule has 70 valence electrons. The number of unbranched alkanes of at least 4 members (excludes halogenated alkanes) is 1. The van der Waals surface area contributed by atoms with Crippen LogP contribution in [0.15, 0.2) is 0 Å². The van der Waals surface area contributed by atoms with Gasteiger partial charge in [-0.3, -0.25) is 0 Å². The number of nitrogens with one attached hydrogen (secondary N) is 1. The van der Waals surface area contributed by atoms with E-state index >= 15 is 0 Å². The van der Waals surface area contributed by atoms with Crippen molar-refractivity contribution in [2.45, 2.75) is 32.6 Å². The molecule has 12 heavy (non-hydrogen) atoms. The highest BCUT2D eigenvalue weighted by molar-refractivity contribution is 5.74. The van der Waals surface area contributed by atoms with Gasteiger partial charge < -0.3 is 10.2 Å². The molecule has 0 saturated carbocycles. The Kier molecular flexibility index (Phi) is 3.91. The zero-order valence-corrected chi connectivity index (χ0v) is 7.81. The molecular formula is C9H18N2O. The Balaban J connectivity index is 2.31. The van der Waals surface area contributed by atoms with Gasteiger partial charge in [0.05, 0.1) is 0 Å². The van der Waals surface area contributed by atoms with Crippen LogP contribution in [0.1, 0.15) is 32.6 Å². The second-order valence-electron chi connectivity index (χ2n) is 3.28. The number of urea groups is 1. The van der Waals surface area contributed by atoms with Crippen molar-refractivity contribution in [3.63, 3.8) is 0 Å². The fraction of sp³-hybridized carbons (Fsp3) is 0.889. The Hall–Kier alpha value is -0.730. The van der Waals surface area contributed by atoms with E-state index in [-0.39, 0.29) is 6.03 Å². The van der Waals surface area contributed by atoms with Gasteiger partial charge in [-0.25, -0.2) is 4.79 Å². The summed E-state index contributed by atoms with van der Waals surface area (Å²) in [5, 5.41) is 2.89. The number of rotatable bonds is 3. The van der Waals surface area contributed by atoms with Crippen LogP contribution in [0.25, 0.3) is 0 Å². The van der Waals surface area contributed by atoms with E-state index in [1.807, 2.05) is 4.90 Å². The van der Waals surface area contributed by atoms with Crippen molar-refractivity contribution in [2.75, 3.05) is 19.6 Å². The van der Waals surface area contributed by atoms with Gasteiger partial charge in [-0.05, 0) is 19.3 Å². The molecule has 2 amide bonds. The van der Waals surface area contributed by atoms with Gasteiger partial charge in [0.2, 0.25) is 0 Å². The summed E-state index contributed by atoms with van der Waals surface area (Å²) in [4.78, 5) is 13.3. The SMILES string of the molecule is CCCCN1CCCCNC1=O. The molecule has 1 N–H and O–H groups in total. The quantitative estimate of drug-likeness (QED) is 0.685. The fourth-order valence-electron chi connectivity index (χ4n) is 1.40. The number of hydrogen-bond acceptors (Lipinski definition) is 1. The van der Waals surface area contributed by atoms with E-state index in [1.165, 1.54) is 0 Å². The summed E-state index contributed by atoms with van der Waals surface area (Å²) in [5.74, 6) is 0. The second-order valence-corrected chi connectivity index (χ2v) is 3.28. The standard InChI is InChI=1S/C9H18N2O/c1-2-3-7-11-8-5-4-6-10-9(11)12/h2-8H2,1H3,(H,10,12). The third kappa shape index (κ3) is 2.72. The van der Waals surface area contributed by atoms with Gasteiger partial charge in [-0.2, -0.15) is 0 Å². The Labute approximate surface area is 74.1 Å². The van der Waals surface area contributed by atoms with E-state index in [4.69, 9.17) is 0 Å². The van der Waals surface area contributed by atoms with Gasteiger partial charge in [-0.15, -0.1) is 0 Å². The average molecular weight is 170 g/mol. The lowest BCUT2D eigenvalue weighted by molar-refractivity contribution is 0.202. The Morgan fingerprint density at radius 2 is 2.33 bits per heavy atom.